The van der Waals surface area contributed by atoms with Crippen molar-refractivity contribution in [3.8, 4) is 22.3 Å². The van der Waals surface area contributed by atoms with Gasteiger partial charge in [-0.25, -0.2) is 0 Å². The van der Waals surface area contributed by atoms with Crippen molar-refractivity contribution in [2.45, 2.75) is 33.1 Å². The third-order valence-electron chi connectivity index (χ3n) is 5.86. The van der Waals surface area contributed by atoms with Crippen LogP contribution in [0.3, 0.4) is 0 Å². The molecule has 0 N–H and O–H groups in total. The van der Waals surface area contributed by atoms with Gasteiger partial charge in [0.25, 0.3) is 0 Å². The van der Waals surface area contributed by atoms with Gasteiger partial charge in [0, 0.05) is 10.8 Å². The van der Waals surface area contributed by atoms with E-state index in [2.05, 4.69) is 113 Å². The van der Waals surface area contributed by atoms with Crippen molar-refractivity contribution in [3.05, 3.63) is 96.1 Å². The molecular formula is C29H26O. The Morgan fingerprint density at radius 1 is 0.567 bits per heavy atom. The smallest absolute Gasteiger partial charge is 0.136 e. The number of hydrogen-bond donors (Lipinski definition) is 0. The molecule has 0 bridgehead atoms. The molecular weight excluding hydrogens is 364 g/mol. The highest BCUT2D eigenvalue weighted by molar-refractivity contribution is 6.15. The Morgan fingerprint density at radius 2 is 1.23 bits per heavy atom. The highest BCUT2D eigenvalue weighted by Gasteiger charge is 2.26. The van der Waals surface area contributed by atoms with Crippen LogP contribution in [0.1, 0.15) is 31.9 Å². The predicted molar refractivity (Wildman–Crippen MR) is 128 cm³/mol. The topological polar surface area (TPSA) is 13.1 Å². The lowest BCUT2D eigenvalue weighted by atomic mass is 9.78. The van der Waals surface area contributed by atoms with Gasteiger partial charge in [-0.15, -0.1) is 0 Å². The van der Waals surface area contributed by atoms with Gasteiger partial charge >= 0.3 is 0 Å². The molecule has 0 saturated carbocycles. The molecule has 0 spiro atoms. The highest BCUT2D eigenvalue weighted by atomic mass is 16.3. The Bertz CT molecular complexity index is 1350. The van der Waals surface area contributed by atoms with Crippen LogP contribution in [-0.2, 0) is 5.41 Å². The fourth-order valence-corrected chi connectivity index (χ4v) is 4.52. The Labute approximate surface area is 178 Å². The minimum atomic E-state index is -0.0413. The van der Waals surface area contributed by atoms with Crippen molar-refractivity contribution < 1.29 is 4.42 Å². The Hall–Kier alpha value is -3.32. The standard InChI is InChI=1S/C29H26O/c1-19-13-15-21(16-14-19)23-17-18-25-27(28(23)29(2,3)4)26-22(11-8-12-24(26)30-25)20-9-6-5-7-10-20/h5-18H,1-4H3. The summed E-state index contributed by atoms with van der Waals surface area (Å²) < 4.78 is 6.36. The molecule has 1 aromatic heterocycles. The molecule has 1 nitrogen and oxygen atoms in total. The molecule has 0 saturated heterocycles. The average molecular weight is 391 g/mol. The molecule has 0 atom stereocenters. The number of rotatable bonds is 2. The zero-order valence-electron chi connectivity index (χ0n) is 18.0. The predicted octanol–water partition coefficient (Wildman–Crippen LogP) is 8.53. The first kappa shape index (κ1) is 18.7. The van der Waals surface area contributed by atoms with E-state index in [-0.39, 0.29) is 5.41 Å². The van der Waals surface area contributed by atoms with E-state index in [1.54, 1.807) is 0 Å². The van der Waals surface area contributed by atoms with Crippen molar-refractivity contribution in [1.82, 2.24) is 0 Å². The van der Waals surface area contributed by atoms with Crippen LogP contribution in [0.5, 0.6) is 0 Å². The van der Waals surface area contributed by atoms with Crippen LogP contribution in [0.25, 0.3) is 44.2 Å². The van der Waals surface area contributed by atoms with Crippen LogP contribution < -0.4 is 0 Å². The van der Waals surface area contributed by atoms with E-state index in [4.69, 9.17) is 4.42 Å². The van der Waals surface area contributed by atoms with Crippen LogP contribution in [0.2, 0.25) is 0 Å². The van der Waals surface area contributed by atoms with E-state index < -0.39 is 0 Å². The van der Waals surface area contributed by atoms with Crippen molar-refractivity contribution in [2.75, 3.05) is 0 Å². The van der Waals surface area contributed by atoms with Gasteiger partial charge in [0.2, 0.25) is 0 Å². The van der Waals surface area contributed by atoms with Gasteiger partial charge in [-0.3, -0.25) is 0 Å². The molecule has 1 heteroatoms. The van der Waals surface area contributed by atoms with Crippen LogP contribution >= 0.6 is 0 Å². The Morgan fingerprint density at radius 3 is 1.93 bits per heavy atom. The number of benzene rings is 4. The third-order valence-corrected chi connectivity index (χ3v) is 5.86. The fourth-order valence-electron chi connectivity index (χ4n) is 4.52. The summed E-state index contributed by atoms with van der Waals surface area (Å²) in [5, 5.41) is 2.44. The molecule has 1 heterocycles. The van der Waals surface area contributed by atoms with Crippen molar-refractivity contribution >= 4 is 21.9 Å². The van der Waals surface area contributed by atoms with Gasteiger partial charge in [-0.05, 0) is 52.3 Å². The van der Waals surface area contributed by atoms with Gasteiger partial charge in [0.15, 0.2) is 0 Å². The van der Waals surface area contributed by atoms with E-state index in [0.717, 1.165) is 11.2 Å². The number of aryl methyl sites for hydroxylation is 1. The summed E-state index contributed by atoms with van der Waals surface area (Å²) in [5.41, 5.74) is 9.43. The zero-order valence-corrected chi connectivity index (χ0v) is 18.0. The van der Waals surface area contributed by atoms with Crippen LogP contribution in [0.4, 0.5) is 0 Å². The first-order valence-electron chi connectivity index (χ1n) is 10.5. The largest absolute Gasteiger partial charge is 0.456 e. The van der Waals surface area contributed by atoms with E-state index >= 15 is 0 Å². The summed E-state index contributed by atoms with van der Waals surface area (Å²) in [6.45, 7) is 9.02. The minimum absolute atomic E-state index is 0.0413. The molecule has 0 unspecified atom stereocenters. The summed E-state index contributed by atoms with van der Waals surface area (Å²) in [5.74, 6) is 0. The molecule has 4 aromatic carbocycles. The number of hydrogen-bond acceptors (Lipinski definition) is 1. The van der Waals surface area contributed by atoms with Gasteiger partial charge in [-0.1, -0.05) is 99.1 Å². The summed E-state index contributed by atoms with van der Waals surface area (Å²) in [7, 11) is 0. The van der Waals surface area contributed by atoms with Gasteiger partial charge in [-0.2, -0.15) is 0 Å². The van der Waals surface area contributed by atoms with Crippen molar-refractivity contribution in [2.24, 2.45) is 0 Å². The first-order valence-corrected chi connectivity index (χ1v) is 10.5. The molecule has 0 fully saturated rings. The van der Waals surface area contributed by atoms with E-state index in [1.165, 1.54) is 44.2 Å². The third kappa shape index (κ3) is 3.02. The molecule has 148 valence electrons. The SMILES string of the molecule is Cc1ccc(-c2ccc3oc4cccc(-c5ccccc5)c4c3c2C(C)(C)C)cc1. The maximum Gasteiger partial charge on any atom is 0.136 e. The number of furan rings is 1. The van der Waals surface area contributed by atoms with Gasteiger partial charge < -0.3 is 4.42 Å². The zero-order chi connectivity index (χ0) is 20.9. The molecule has 0 radical (unpaired) electrons. The summed E-state index contributed by atoms with van der Waals surface area (Å²) in [6, 6.07) is 30.2. The first-order chi connectivity index (χ1) is 14.4. The second-order valence-corrected chi connectivity index (χ2v) is 9.12. The molecule has 0 aliphatic carbocycles. The lowest BCUT2D eigenvalue weighted by Gasteiger charge is -2.25. The van der Waals surface area contributed by atoms with Crippen molar-refractivity contribution in [3.63, 3.8) is 0 Å². The normalized spacial score (nSPS) is 12.0. The quantitative estimate of drug-likeness (QED) is 0.294. The molecule has 0 aliphatic rings. The lowest BCUT2D eigenvalue weighted by molar-refractivity contribution is 0.596. The summed E-state index contributed by atoms with van der Waals surface area (Å²) >= 11 is 0. The fraction of sp³-hybridized carbons (Fsp3) is 0.172. The summed E-state index contributed by atoms with van der Waals surface area (Å²) in [4.78, 5) is 0. The lowest BCUT2D eigenvalue weighted by Crippen LogP contribution is -2.13. The Balaban J connectivity index is 1.94. The second-order valence-electron chi connectivity index (χ2n) is 9.12. The highest BCUT2D eigenvalue weighted by Crippen LogP contribution is 2.45. The summed E-state index contributed by atoms with van der Waals surface area (Å²) in [6.07, 6.45) is 0. The maximum atomic E-state index is 6.36. The second kappa shape index (κ2) is 6.88. The van der Waals surface area contributed by atoms with Crippen LogP contribution in [0.15, 0.2) is 89.3 Å². The maximum absolute atomic E-state index is 6.36. The molecule has 5 aromatic rings. The molecule has 30 heavy (non-hydrogen) atoms. The van der Waals surface area contributed by atoms with E-state index in [0.29, 0.717) is 0 Å². The molecule has 0 amide bonds. The van der Waals surface area contributed by atoms with E-state index in [9.17, 15) is 0 Å². The van der Waals surface area contributed by atoms with Crippen molar-refractivity contribution in [1.29, 1.82) is 0 Å². The minimum Gasteiger partial charge on any atom is -0.456 e. The molecule has 5 rings (SSSR count). The Kier molecular flexibility index (Phi) is 4.29. The van der Waals surface area contributed by atoms with Crippen LogP contribution in [-0.4, -0.2) is 0 Å². The average Bonchev–Trinajstić information content (AvgIpc) is 3.12. The van der Waals surface area contributed by atoms with Gasteiger partial charge in [0.1, 0.15) is 11.2 Å². The monoisotopic (exact) mass is 390 g/mol. The van der Waals surface area contributed by atoms with Gasteiger partial charge in [0.05, 0.1) is 0 Å². The number of fused-ring (bicyclic) bond motifs is 3. The van der Waals surface area contributed by atoms with Crippen LogP contribution in [0, 0.1) is 6.92 Å². The molecule has 0 aliphatic heterocycles. The van der Waals surface area contributed by atoms with E-state index in [1.807, 2.05) is 0 Å².